The molecule has 0 N–H and O–H groups in total. The minimum absolute atomic E-state index is 0.198. The van der Waals surface area contributed by atoms with Gasteiger partial charge in [0.25, 0.3) is 0 Å². The van der Waals surface area contributed by atoms with E-state index in [1.165, 1.54) is 12.1 Å². The third-order valence-corrected chi connectivity index (χ3v) is 7.97. The maximum Gasteiger partial charge on any atom is 0.228 e. The molecule has 0 radical (unpaired) electrons. The number of nitrogens with zero attached hydrogens (tertiary/aromatic N) is 4. The first-order valence-electron chi connectivity index (χ1n) is 12.1. The molecule has 3 fully saturated rings. The summed E-state index contributed by atoms with van der Waals surface area (Å²) in [6.07, 6.45) is 4.04. The minimum atomic E-state index is -0.265. The molecule has 0 aliphatic carbocycles. The van der Waals surface area contributed by atoms with Crippen molar-refractivity contribution in [1.82, 2.24) is 14.7 Å². The average molecular weight is 445 g/mol. The van der Waals surface area contributed by atoms with Crippen molar-refractivity contribution in [2.45, 2.75) is 58.0 Å². The van der Waals surface area contributed by atoms with Crippen LogP contribution in [0, 0.1) is 11.2 Å². The van der Waals surface area contributed by atoms with Gasteiger partial charge < -0.3 is 14.7 Å². The Labute approximate surface area is 191 Å². The Balaban J connectivity index is 1.29. The van der Waals surface area contributed by atoms with Crippen LogP contribution in [0.1, 0.15) is 46.0 Å². The van der Waals surface area contributed by atoms with Crippen molar-refractivity contribution in [1.29, 1.82) is 0 Å². The van der Waals surface area contributed by atoms with Crippen LogP contribution in [0.5, 0.6) is 0 Å². The molecule has 0 aromatic heterocycles. The van der Waals surface area contributed by atoms with Gasteiger partial charge in [-0.05, 0) is 56.9 Å². The first kappa shape index (κ1) is 23.0. The zero-order chi connectivity index (χ0) is 22.9. The fourth-order valence-electron chi connectivity index (χ4n) is 5.92. The van der Waals surface area contributed by atoms with Gasteiger partial charge in [-0.3, -0.25) is 14.5 Å². The quantitative estimate of drug-likeness (QED) is 0.701. The molecule has 1 spiro atoms. The highest BCUT2D eigenvalue weighted by Crippen LogP contribution is 2.44. The molecule has 1 aromatic rings. The molecule has 7 heteroatoms. The van der Waals surface area contributed by atoms with Crippen LogP contribution in [0.15, 0.2) is 24.3 Å². The van der Waals surface area contributed by atoms with Gasteiger partial charge in [0.1, 0.15) is 5.82 Å². The summed E-state index contributed by atoms with van der Waals surface area (Å²) in [5.74, 6) is 0.278. The molecule has 3 aliphatic rings. The second-order valence-corrected chi connectivity index (χ2v) is 9.90. The van der Waals surface area contributed by atoms with Crippen molar-refractivity contribution >= 4 is 17.5 Å². The summed E-state index contributed by atoms with van der Waals surface area (Å²) in [5.41, 5.74) is 0.813. The van der Waals surface area contributed by atoms with Crippen LogP contribution in [-0.2, 0) is 9.59 Å². The fourth-order valence-corrected chi connectivity index (χ4v) is 5.92. The molecule has 32 heavy (non-hydrogen) atoms. The lowest BCUT2D eigenvalue weighted by atomic mass is 9.75. The Morgan fingerprint density at radius 1 is 1.12 bits per heavy atom. The highest BCUT2D eigenvalue weighted by atomic mass is 19.1. The predicted octanol–water partition coefficient (Wildman–Crippen LogP) is 2.98. The van der Waals surface area contributed by atoms with Crippen LogP contribution in [-0.4, -0.2) is 84.9 Å². The second-order valence-electron chi connectivity index (χ2n) is 9.90. The predicted molar refractivity (Wildman–Crippen MR) is 124 cm³/mol. The molecular formula is C25H37FN4O2. The van der Waals surface area contributed by atoms with Crippen LogP contribution in [0.3, 0.4) is 0 Å². The summed E-state index contributed by atoms with van der Waals surface area (Å²) >= 11 is 0. The van der Waals surface area contributed by atoms with Gasteiger partial charge in [0, 0.05) is 70.5 Å². The Hall–Kier alpha value is -2.15. The van der Waals surface area contributed by atoms with Crippen molar-refractivity contribution in [3.63, 3.8) is 0 Å². The second kappa shape index (κ2) is 9.38. The first-order valence-corrected chi connectivity index (χ1v) is 12.1. The number of halogens is 1. The van der Waals surface area contributed by atoms with E-state index in [9.17, 15) is 14.0 Å². The van der Waals surface area contributed by atoms with Crippen molar-refractivity contribution in [3.8, 4) is 0 Å². The molecule has 176 valence electrons. The maximum absolute atomic E-state index is 13.3. The lowest BCUT2D eigenvalue weighted by Crippen LogP contribution is -2.52. The van der Waals surface area contributed by atoms with E-state index in [4.69, 9.17) is 0 Å². The van der Waals surface area contributed by atoms with Gasteiger partial charge in [-0.1, -0.05) is 6.92 Å². The largest absolute Gasteiger partial charge is 0.366 e. The average Bonchev–Trinajstić information content (AvgIpc) is 3.03. The lowest BCUT2D eigenvalue weighted by molar-refractivity contribution is -0.142. The molecule has 0 bridgehead atoms. The van der Waals surface area contributed by atoms with Gasteiger partial charge in [-0.2, -0.15) is 0 Å². The number of piperazine rings is 1. The normalized spacial score (nSPS) is 26.2. The molecule has 3 saturated heterocycles. The number of likely N-dealkylation sites (tertiary alicyclic amines) is 2. The highest BCUT2D eigenvalue weighted by molar-refractivity contribution is 5.86. The van der Waals surface area contributed by atoms with E-state index >= 15 is 0 Å². The number of carbonyl (C=O) groups excluding carboxylic acids is 2. The SMILES string of the molecule is CCC(=O)N1CCC2(CC1)C[C@H](CCN1CCN(c3ccc(F)cc3)[C@H](C)C1)N(C)C2=O. The summed E-state index contributed by atoms with van der Waals surface area (Å²) < 4.78 is 13.3. The Morgan fingerprint density at radius 2 is 1.81 bits per heavy atom. The third kappa shape index (κ3) is 4.49. The molecule has 0 unspecified atom stereocenters. The Kier molecular flexibility index (Phi) is 6.75. The van der Waals surface area contributed by atoms with E-state index in [0.717, 1.165) is 57.5 Å². The third-order valence-electron chi connectivity index (χ3n) is 7.97. The number of carbonyl (C=O) groups is 2. The van der Waals surface area contributed by atoms with E-state index in [-0.39, 0.29) is 29.1 Å². The zero-order valence-corrected chi connectivity index (χ0v) is 19.7. The van der Waals surface area contributed by atoms with Crippen LogP contribution < -0.4 is 4.90 Å². The van der Waals surface area contributed by atoms with E-state index in [2.05, 4.69) is 16.7 Å². The number of hydrogen-bond acceptors (Lipinski definition) is 4. The maximum atomic E-state index is 13.3. The molecule has 4 rings (SSSR count). The van der Waals surface area contributed by atoms with Gasteiger partial charge in [-0.15, -0.1) is 0 Å². The number of amides is 2. The standard InChI is InChI=1S/C25H37FN4O2/c1-4-23(31)29-13-10-25(11-14-29)17-22(27(3)24(25)32)9-12-28-15-16-30(19(2)18-28)21-7-5-20(26)6-8-21/h5-8,19,22H,4,9-18H2,1-3H3/t19-,22+/m1/s1. The molecule has 6 nitrogen and oxygen atoms in total. The van der Waals surface area contributed by atoms with Crippen molar-refractivity contribution < 1.29 is 14.0 Å². The van der Waals surface area contributed by atoms with Gasteiger partial charge in [-0.25, -0.2) is 4.39 Å². The Morgan fingerprint density at radius 3 is 2.44 bits per heavy atom. The summed E-state index contributed by atoms with van der Waals surface area (Å²) in [7, 11) is 1.96. The molecule has 1 aromatic carbocycles. The van der Waals surface area contributed by atoms with Gasteiger partial charge >= 0.3 is 0 Å². The van der Waals surface area contributed by atoms with Gasteiger partial charge in [0.15, 0.2) is 0 Å². The monoisotopic (exact) mass is 444 g/mol. The molecule has 3 heterocycles. The van der Waals surface area contributed by atoms with Gasteiger partial charge in [0.05, 0.1) is 5.41 Å². The van der Waals surface area contributed by atoms with E-state index in [1.54, 1.807) is 0 Å². The lowest BCUT2D eigenvalue weighted by Gasteiger charge is -2.41. The van der Waals surface area contributed by atoms with E-state index < -0.39 is 0 Å². The smallest absolute Gasteiger partial charge is 0.228 e. The molecular weight excluding hydrogens is 407 g/mol. The number of piperidine rings is 1. The summed E-state index contributed by atoms with van der Waals surface area (Å²) in [6.45, 7) is 9.41. The number of hydrogen-bond donors (Lipinski definition) is 0. The number of benzene rings is 1. The minimum Gasteiger partial charge on any atom is -0.366 e. The van der Waals surface area contributed by atoms with Crippen LogP contribution >= 0.6 is 0 Å². The van der Waals surface area contributed by atoms with E-state index in [0.29, 0.717) is 25.6 Å². The summed E-state index contributed by atoms with van der Waals surface area (Å²) in [4.78, 5) is 33.9. The number of anilines is 1. The van der Waals surface area contributed by atoms with Crippen molar-refractivity contribution in [2.24, 2.45) is 5.41 Å². The summed E-state index contributed by atoms with van der Waals surface area (Å²) in [6, 6.07) is 7.42. The highest BCUT2D eigenvalue weighted by Gasteiger charge is 2.51. The van der Waals surface area contributed by atoms with Crippen molar-refractivity contribution in [3.05, 3.63) is 30.1 Å². The van der Waals surface area contributed by atoms with Crippen LogP contribution in [0.2, 0.25) is 0 Å². The Bertz CT molecular complexity index is 822. The van der Waals surface area contributed by atoms with Crippen LogP contribution in [0.25, 0.3) is 0 Å². The molecule has 2 atom stereocenters. The fraction of sp³-hybridized carbons (Fsp3) is 0.680. The van der Waals surface area contributed by atoms with Crippen molar-refractivity contribution in [2.75, 3.05) is 51.2 Å². The molecule has 0 saturated carbocycles. The van der Waals surface area contributed by atoms with E-state index in [1.807, 2.05) is 35.9 Å². The van der Waals surface area contributed by atoms with Crippen LogP contribution in [0.4, 0.5) is 10.1 Å². The topological polar surface area (TPSA) is 47.1 Å². The zero-order valence-electron chi connectivity index (χ0n) is 19.7. The van der Waals surface area contributed by atoms with Gasteiger partial charge in [0.2, 0.25) is 11.8 Å². The summed E-state index contributed by atoms with van der Waals surface area (Å²) in [5, 5.41) is 0. The number of rotatable bonds is 5. The molecule has 2 amide bonds. The first-order chi connectivity index (χ1) is 15.3. The molecule has 3 aliphatic heterocycles.